The minimum absolute atomic E-state index is 0.0101. The summed E-state index contributed by atoms with van der Waals surface area (Å²) >= 11 is 0. The summed E-state index contributed by atoms with van der Waals surface area (Å²) in [4.78, 5) is 15.0. The van der Waals surface area contributed by atoms with Gasteiger partial charge in [-0.3, -0.25) is 4.79 Å². The Balaban J connectivity index is 2.22. The lowest BCUT2D eigenvalue weighted by Crippen LogP contribution is -2.52. The number of ether oxygens (including phenoxy) is 2. The fourth-order valence-electron chi connectivity index (χ4n) is 3.04. The van der Waals surface area contributed by atoms with E-state index in [0.29, 0.717) is 19.8 Å². The largest absolute Gasteiger partial charge is 0.382 e. The normalized spacial score (nSPS) is 21.8. The van der Waals surface area contributed by atoms with Crippen LogP contribution < -0.4 is 0 Å². The molecule has 0 bridgehead atoms. The van der Waals surface area contributed by atoms with Crippen LogP contribution in [0.25, 0.3) is 0 Å². The summed E-state index contributed by atoms with van der Waals surface area (Å²) < 4.78 is 10.9. The van der Waals surface area contributed by atoms with Crippen LogP contribution in [0.3, 0.4) is 0 Å². The smallest absolute Gasteiger partial charge is 0.229 e. The van der Waals surface area contributed by atoms with E-state index in [2.05, 4.69) is 26.0 Å². The molecule has 1 heterocycles. The third kappa shape index (κ3) is 3.87. The van der Waals surface area contributed by atoms with E-state index < -0.39 is 0 Å². The Labute approximate surface area is 133 Å². The van der Waals surface area contributed by atoms with Crippen molar-refractivity contribution in [1.82, 2.24) is 4.90 Å². The van der Waals surface area contributed by atoms with E-state index >= 15 is 0 Å². The molecule has 1 aliphatic rings. The maximum Gasteiger partial charge on any atom is 0.229 e. The summed E-state index contributed by atoms with van der Waals surface area (Å²) in [5.74, 6) is 0.107. The number of carbonyl (C=O) groups is 1. The van der Waals surface area contributed by atoms with E-state index in [1.165, 1.54) is 0 Å². The molecular weight excluding hydrogens is 278 g/mol. The summed E-state index contributed by atoms with van der Waals surface area (Å²) in [6, 6.07) is 10.1. The van der Waals surface area contributed by atoms with Gasteiger partial charge in [-0.2, -0.15) is 0 Å². The molecule has 1 aromatic rings. The predicted octanol–water partition coefficient (Wildman–Crippen LogP) is 2.87. The molecule has 1 fully saturated rings. The molecule has 2 rings (SSSR count). The summed E-state index contributed by atoms with van der Waals surface area (Å²) in [6.45, 7) is 7.86. The minimum atomic E-state index is -0.357. The second-order valence-electron chi connectivity index (χ2n) is 6.63. The Morgan fingerprint density at radius 2 is 2.05 bits per heavy atom. The Bertz CT molecular complexity index is 486. The highest BCUT2D eigenvalue weighted by atomic mass is 16.5. The molecule has 4 heteroatoms. The molecule has 122 valence electrons. The van der Waals surface area contributed by atoms with E-state index in [0.717, 1.165) is 12.0 Å². The van der Waals surface area contributed by atoms with Gasteiger partial charge in [-0.15, -0.1) is 0 Å². The van der Waals surface area contributed by atoms with Crippen LogP contribution in [0.5, 0.6) is 0 Å². The van der Waals surface area contributed by atoms with Gasteiger partial charge in [0.1, 0.15) is 0 Å². The third-order valence-corrected chi connectivity index (χ3v) is 4.37. The van der Waals surface area contributed by atoms with Crippen molar-refractivity contribution in [2.45, 2.75) is 45.4 Å². The highest BCUT2D eigenvalue weighted by molar-refractivity contribution is 5.80. The fourth-order valence-corrected chi connectivity index (χ4v) is 3.04. The van der Waals surface area contributed by atoms with Crippen molar-refractivity contribution in [2.75, 3.05) is 20.3 Å². The molecule has 22 heavy (non-hydrogen) atoms. The van der Waals surface area contributed by atoms with Crippen LogP contribution in [0.15, 0.2) is 30.3 Å². The van der Waals surface area contributed by atoms with Crippen molar-refractivity contribution in [3.63, 3.8) is 0 Å². The Hall–Kier alpha value is -1.39. The SMILES string of the molecule is COCC(C)(C)N(Cc1ccccc1)C(=O)C1CCOC1C. The van der Waals surface area contributed by atoms with Gasteiger partial charge in [0.25, 0.3) is 0 Å². The van der Waals surface area contributed by atoms with Gasteiger partial charge in [0.15, 0.2) is 0 Å². The first kappa shape index (κ1) is 17.0. The lowest BCUT2D eigenvalue weighted by Gasteiger charge is -2.40. The number of rotatable bonds is 6. The maximum absolute atomic E-state index is 13.1. The van der Waals surface area contributed by atoms with E-state index in [1.807, 2.05) is 30.0 Å². The first-order chi connectivity index (χ1) is 10.5. The minimum Gasteiger partial charge on any atom is -0.382 e. The molecule has 0 N–H and O–H groups in total. The molecule has 0 spiro atoms. The number of hydrogen-bond acceptors (Lipinski definition) is 3. The lowest BCUT2D eigenvalue weighted by atomic mass is 9.95. The number of carbonyl (C=O) groups excluding carboxylic acids is 1. The maximum atomic E-state index is 13.1. The van der Waals surface area contributed by atoms with Crippen LogP contribution in [0.2, 0.25) is 0 Å². The van der Waals surface area contributed by atoms with Crippen LogP contribution in [0, 0.1) is 5.92 Å². The molecular formula is C18H27NO3. The second kappa shape index (κ2) is 7.25. The van der Waals surface area contributed by atoms with Crippen molar-refractivity contribution in [3.05, 3.63) is 35.9 Å². The first-order valence-electron chi connectivity index (χ1n) is 7.91. The summed E-state index contributed by atoms with van der Waals surface area (Å²) in [7, 11) is 1.67. The summed E-state index contributed by atoms with van der Waals surface area (Å²) in [5.41, 5.74) is 0.774. The average Bonchev–Trinajstić information content (AvgIpc) is 2.91. The lowest BCUT2D eigenvalue weighted by molar-refractivity contribution is -0.145. The van der Waals surface area contributed by atoms with E-state index in [9.17, 15) is 4.79 Å². The number of benzene rings is 1. The van der Waals surface area contributed by atoms with Gasteiger partial charge in [0.05, 0.1) is 24.2 Å². The van der Waals surface area contributed by atoms with Gasteiger partial charge in [0.2, 0.25) is 5.91 Å². The van der Waals surface area contributed by atoms with Gasteiger partial charge in [-0.1, -0.05) is 30.3 Å². The quantitative estimate of drug-likeness (QED) is 0.811. The molecule has 0 radical (unpaired) electrons. The number of methoxy groups -OCH3 is 1. The zero-order valence-corrected chi connectivity index (χ0v) is 14.0. The van der Waals surface area contributed by atoms with Crippen molar-refractivity contribution in [2.24, 2.45) is 5.92 Å². The van der Waals surface area contributed by atoms with E-state index in [4.69, 9.17) is 9.47 Å². The van der Waals surface area contributed by atoms with Crippen LogP contribution in [0.4, 0.5) is 0 Å². The van der Waals surface area contributed by atoms with Gasteiger partial charge < -0.3 is 14.4 Å². The number of nitrogens with zero attached hydrogens (tertiary/aromatic N) is 1. The topological polar surface area (TPSA) is 38.8 Å². The zero-order chi connectivity index (χ0) is 16.2. The fraction of sp³-hybridized carbons (Fsp3) is 0.611. The Morgan fingerprint density at radius 3 is 2.59 bits per heavy atom. The molecule has 2 atom stereocenters. The van der Waals surface area contributed by atoms with Crippen molar-refractivity contribution >= 4 is 5.91 Å². The Kier molecular flexibility index (Phi) is 5.59. The predicted molar refractivity (Wildman–Crippen MR) is 86.5 cm³/mol. The van der Waals surface area contributed by atoms with Gasteiger partial charge in [-0.05, 0) is 32.8 Å². The highest BCUT2D eigenvalue weighted by Crippen LogP contribution is 2.28. The summed E-state index contributed by atoms with van der Waals surface area (Å²) in [6.07, 6.45) is 0.790. The number of hydrogen-bond donors (Lipinski definition) is 0. The van der Waals surface area contributed by atoms with Crippen LogP contribution in [-0.2, 0) is 20.8 Å². The van der Waals surface area contributed by atoms with Gasteiger partial charge in [0, 0.05) is 20.3 Å². The monoisotopic (exact) mass is 305 g/mol. The highest BCUT2D eigenvalue weighted by Gasteiger charge is 2.39. The van der Waals surface area contributed by atoms with E-state index in [-0.39, 0.29) is 23.5 Å². The molecule has 1 amide bonds. The van der Waals surface area contributed by atoms with Gasteiger partial charge >= 0.3 is 0 Å². The van der Waals surface area contributed by atoms with Crippen LogP contribution >= 0.6 is 0 Å². The standard InChI is InChI=1S/C18H27NO3/c1-14-16(10-11-22-14)17(20)19(18(2,3)13-21-4)12-15-8-6-5-7-9-15/h5-9,14,16H,10-13H2,1-4H3. The molecule has 0 aromatic heterocycles. The average molecular weight is 305 g/mol. The molecule has 0 saturated carbocycles. The van der Waals surface area contributed by atoms with Crippen molar-refractivity contribution in [3.8, 4) is 0 Å². The van der Waals surface area contributed by atoms with E-state index in [1.54, 1.807) is 7.11 Å². The number of amides is 1. The second-order valence-corrected chi connectivity index (χ2v) is 6.63. The van der Waals surface area contributed by atoms with Crippen LogP contribution in [0.1, 0.15) is 32.8 Å². The third-order valence-electron chi connectivity index (χ3n) is 4.37. The summed E-state index contributed by atoms with van der Waals surface area (Å²) in [5, 5.41) is 0. The molecule has 0 aliphatic carbocycles. The van der Waals surface area contributed by atoms with Crippen molar-refractivity contribution < 1.29 is 14.3 Å². The molecule has 1 saturated heterocycles. The molecule has 1 aliphatic heterocycles. The zero-order valence-electron chi connectivity index (χ0n) is 14.0. The first-order valence-corrected chi connectivity index (χ1v) is 7.91. The molecule has 1 aromatic carbocycles. The Morgan fingerprint density at radius 1 is 1.36 bits per heavy atom. The van der Waals surface area contributed by atoms with Crippen molar-refractivity contribution in [1.29, 1.82) is 0 Å². The van der Waals surface area contributed by atoms with Crippen LogP contribution in [-0.4, -0.2) is 42.8 Å². The van der Waals surface area contributed by atoms with Gasteiger partial charge in [-0.25, -0.2) is 0 Å². The molecule has 2 unspecified atom stereocenters. The molecule has 4 nitrogen and oxygen atoms in total.